The molecule has 0 saturated carbocycles. The van der Waals surface area contributed by atoms with Crippen molar-refractivity contribution < 1.29 is 8.81 Å². The lowest BCUT2D eigenvalue weighted by Gasteiger charge is -2.05. The van der Waals surface area contributed by atoms with E-state index in [0.29, 0.717) is 19.5 Å². The first-order valence-electron chi connectivity index (χ1n) is 7.93. The first-order chi connectivity index (χ1) is 11.6. The average molecular weight is 425 g/mol. The highest BCUT2D eigenvalue weighted by Gasteiger charge is 2.06. The summed E-state index contributed by atoms with van der Waals surface area (Å²) in [5.74, 6) is 1.58. The topological polar surface area (TPSA) is 25.2 Å². The van der Waals surface area contributed by atoms with Crippen molar-refractivity contribution in [1.29, 1.82) is 0 Å². The molecule has 3 rings (SSSR count). The van der Waals surface area contributed by atoms with Crippen LogP contribution < -0.4 is 5.32 Å². The molecule has 3 aromatic rings. The molecule has 1 heterocycles. The summed E-state index contributed by atoms with van der Waals surface area (Å²) < 4.78 is 20.5. The quantitative estimate of drug-likeness (QED) is 0.498. The van der Waals surface area contributed by atoms with Gasteiger partial charge in [0, 0.05) is 10.0 Å². The maximum Gasteiger partial charge on any atom is 0.134 e. The van der Waals surface area contributed by atoms with Gasteiger partial charge in [-0.05, 0) is 61.3 Å². The van der Waals surface area contributed by atoms with Crippen molar-refractivity contribution in [2.24, 2.45) is 0 Å². The largest absolute Gasteiger partial charge is 0.460 e. The van der Waals surface area contributed by atoms with Crippen LogP contribution in [-0.2, 0) is 13.0 Å². The van der Waals surface area contributed by atoms with Gasteiger partial charge in [-0.25, -0.2) is 4.39 Å². The fourth-order valence-corrected chi connectivity index (χ4v) is 2.81. The fourth-order valence-electron chi connectivity index (χ4n) is 2.56. The summed E-state index contributed by atoms with van der Waals surface area (Å²) in [4.78, 5) is 0. The van der Waals surface area contributed by atoms with Crippen molar-refractivity contribution >= 4 is 28.3 Å². The Morgan fingerprint density at radius 3 is 2.64 bits per heavy atom. The van der Waals surface area contributed by atoms with E-state index in [1.807, 2.05) is 36.4 Å². The van der Waals surface area contributed by atoms with Gasteiger partial charge in [0.2, 0.25) is 0 Å². The van der Waals surface area contributed by atoms with E-state index >= 15 is 0 Å². The Bertz CT molecular complexity index is 834. The number of hydrogen-bond acceptors (Lipinski definition) is 2. The summed E-state index contributed by atoms with van der Waals surface area (Å²) >= 11 is 3.51. The van der Waals surface area contributed by atoms with Crippen LogP contribution in [0.25, 0.3) is 11.3 Å². The monoisotopic (exact) mass is 423 g/mol. The van der Waals surface area contributed by atoms with E-state index in [4.69, 9.17) is 4.42 Å². The fraction of sp³-hybridized carbons (Fsp3) is 0.200. The van der Waals surface area contributed by atoms with Crippen LogP contribution in [0.3, 0.4) is 0 Å². The molecule has 2 aromatic carbocycles. The van der Waals surface area contributed by atoms with E-state index in [1.54, 1.807) is 6.07 Å². The average Bonchev–Trinajstić information content (AvgIpc) is 3.04. The molecule has 0 aliphatic heterocycles. The van der Waals surface area contributed by atoms with Gasteiger partial charge in [0.15, 0.2) is 0 Å². The Morgan fingerprint density at radius 2 is 1.88 bits per heavy atom. The Hall–Kier alpha value is -1.62. The van der Waals surface area contributed by atoms with Crippen molar-refractivity contribution in [2.45, 2.75) is 19.9 Å². The lowest BCUT2D eigenvalue weighted by Crippen LogP contribution is -2.16. The minimum atomic E-state index is -0.148. The van der Waals surface area contributed by atoms with Gasteiger partial charge in [-0.15, -0.1) is 12.4 Å². The molecule has 0 atom stereocenters. The molecule has 0 fully saturated rings. The molecule has 0 bridgehead atoms. The number of benzene rings is 2. The number of aryl methyl sites for hydroxylation is 1. The normalized spacial score (nSPS) is 10.5. The minimum Gasteiger partial charge on any atom is -0.460 e. The van der Waals surface area contributed by atoms with Gasteiger partial charge in [-0.3, -0.25) is 0 Å². The number of halogens is 3. The van der Waals surface area contributed by atoms with E-state index in [-0.39, 0.29) is 18.2 Å². The Kier molecular flexibility index (Phi) is 7.24. The van der Waals surface area contributed by atoms with E-state index in [2.05, 4.69) is 34.2 Å². The van der Waals surface area contributed by atoms with Crippen LogP contribution in [0.2, 0.25) is 0 Å². The van der Waals surface area contributed by atoms with Gasteiger partial charge in [0.05, 0.1) is 6.54 Å². The zero-order chi connectivity index (χ0) is 16.9. The molecule has 0 spiro atoms. The van der Waals surface area contributed by atoms with E-state index in [0.717, 1.165) is 27.1 Å². The molecular formula is C20H20BrClFNO. The molecule has 1 N–H and O–H groups in total. The van der Waals surface area contributed by atoms with Gasteiger partial charge in [0.25, 0.3) is 0 Å². The highest BCUT2D eigenvalue weighted by Crippen LogP contribution is 2.26. The SMILES string of the molecule is Cc1cc(-c2ccc(CNCCc3ccccc3F)o2)ccc1Br.Cl. The van der Waals surface area contributed by atoms with Crippen LogP contribution in [0.1, 0.15) is 16.9 Å². The molecule has 25 heavy (non-hydrogen) atoms. The van der Waals surface area contributed by atoms with Crippen LogP contribution in [0.4, 0.5) is 4.39 Å². The number of furan rings is 1. The number of nitrogens with one attached hydrogen (secondary N) is 1. The van der Waals surface area contributed by atoms with Crippen molar-refractivity contribution in [3.05, 3.63) is 81.8 Å². The summed E-state index contributed by atoms with van der Waals surface area (Å²) in [7, 11) is 0. The van der Waals surface area contributed by atoms with E-state index < -0.39 is 0 Å². The lowest BCUT2D eigenvalue weighted by molar-refractivity contribution is 0.493. The number of hydrogen-bond donors (Lipinski definition) is 1. The number of rotatable bonds is 6. The highest BCUT2D eigenvalue weighted by atomic mass is 79.9. The molecule has 0 aliphatic rings. The summed E-state index contributed by atoms with van der Waals surface area (Å²) in [6.07, 6.45) is 0.659. The van der Waals surface area contributed by atoms with Crippen LogP contribution in [-0.4, -0.2) is 6.54 Å². The summed E-state index contributed by atoms with van der Waals surface area (Å²) in [6.45, 7) is 3.39. The third-order valence-electron chi connectivity index (χ3n) is 3.93. The first-order valence-corrected chi connectivity index (χ1v) is 8.72. The predicted molar refractivity (Wildman–Crippen MR) is 106 cm³/mol. The Morgan fingerprint density at radius 1 is 1.08 bits per heavy atom. The third-order valence-corrected chi connectivity index (χ3v) is 4.82. The van der Waals surface area contributed by atoms with Crippen molar-refractivity contribution in [2.75, 3.05) is 6.54 Å². The second-order valence-electron chi connectivity index (χ2n) is 5.75. The second kappa shape index (κ2) is 9.18. The van der Waals surface area contributed by atoms with Crippen molar-refractivity contribution in [1.82, 2.24) is 5.32 Å². The van der Waals surface area contributed by atoms with Gasteiger partial charge in [-0.2, -0.15) is 0 Å². The van der Waals surface area contributed by atoms with Crippen LogP contribution in [0, 0.1) is 12.7 Å². The van der Waals surface area contributed by atoms with Crippen molar-refractivity contribution in [3.8, 4) is 11.3 Å². The van der Waals surface area contributed by atoms with Gasteiger partial charge in [0.1, 0.15) is 17.3 Å². The van der Waals surface area contributed by atoms with Crippen LogP contribution in [0.15, 0.2) is 63.5 Å². The lowest BCUT2D eigenvalue weighted by atomic mass is 10.1. The Labute approximate surface area is 162 Å². The summed E-state index contributed by atoms with van der Waals surface area (Å²) in [5, 5.41) is 3.29. The van der Waals surface area contributed by atoms with E-state index in [1.165, 1.54) is 11.6 Å². The Balaban J connectivity index is 0.00000225. The van der Waals surface area contributed by atoms with Gasteiger partial charge in [-0.1, -0.05) is 40.2 Å². The third kappa shape index (κ3) is 5.18. The standard InChI is InChI=1S/C20H19BrFNO.ClH/c1-14-12-16(6-8-18(14)21)20-9-7-17(24-20)13-23-11-10-15-4-2-3-5-19(15)22;/h2-9,12,23H,10-11,13H2,1H3;1H. The molecule has 5 heteroatoms. The molecule has 132 valence electrons. The molecule has 0 unspecified atom stereocenters. The molecular weight excluding hydrogens is 405 g/mol. The maximum absolute atomic E-state index is 13.5. The predicted octanol–water partition coefficient (Wildman–Crippen LogP) is 5.91. The zero-order valence-corrected chi connectivity index (χ0v) is 16.3. The zero-order valence-electron chi connectivity index (χ0n) is 13.9. The smallest absolute Gasteiger partial charge is 0.134 e. The molecule has 0 radical (unpaired) electrons. The van der Waals surface area contributed by atoms with Gasteiger partial charge >= 0.3 is 0 Å². The van der Waals surface area contributed by atoms with Crippen molar-refractivity contribution in [3.63, 3.8) is 0 Å². The maximum atomic E-state index is 13.5. The molecule has 0 saturated heterocycles. The second-order valence-corrected chi connectivity index (χ2v) is 6.60. The molecule has 0 aliphatic carbocycles. The first kappa shape index (κ1) is 19.7. The molecule has 1 aromatic heterocycles. The minimum absolute atomic E-state index is 0. The van der Waals surface area contributed by atoms with E-state index in [9.17, 15) is 4.39 Å². The highest BCUT2D eigenvalue weighted by molar-refractivity contribution is 9.10. The van der Waals surface area contributed by atoms with Crippen LogP contribution in [0.5, 0.6) is 0 Å². The van der Waals surface area contributed by atoms with Crippen LogP contribution >= 0.6 is 28.3 Å². The molecule has 2 nitrogen and oxygen atoms in total. The summed E-state index contributed by atoms with van der Waals surface area (Å²) in [6, 6.07) is 17.0. The summed E-state index contributed by atoms with van der Waals surface area (Å²) in [5.41, 5.74) is 2.97. The molecule has 0 amide bonds. The van der Waals surface area contributed by atoms with Gasteiger partial charge < -0.3 is 9.73 Å².